The zero-order valence-corrected chi connectivity index (χ0v) is 40.7. The van der Waals surface area contributed by atoms with Crippen molar-refractivity contribution in [3.63, 3.8) is 0 Å². The highest BCUT2D eigenvalue weighted by atomic mass is 31.2. The van der Waals surface area contributed by atoms with Gasteiger partial charge >= 0.3 is 13.8 Å². The summed E-state index contributed by atoms with van der Waals surface area (Å²) in [4.78, 5) is 23.2. The quantitative estimate of drug-likeness (QED) is 0.0147. The Morgan fingerprint density at radius 3 is 1.41 bits per heavy atom. The van der Waals surface area contributed by atoms with Gasteiger partial charge in [-0.25, -0.2) is 4.57 Å². The van der Waals surface area contributed by atoms with Gasteiger partial charge in [0.25, 0.3) is 0 Å². The topological polar surface area (TPSA) is 192 Å². The average Bonchev–Trinajstić information content (AvgIpc) is 3.28. The lowest BCUT2D eigenvalue weighted by Crippen LogP contribution is -2.64. The van der Waals surface area contributed by atoms with Crippen LogP contribution in [0.15, 0.2) is 60.8 Å². The van der Waals surface area contributed by atoms with Gasteiger partial charge in [-0.3, -0.25) is 13.8 Å². The van der Waals surface area contributed by atoms with Gasteiger partial charge in [0.2, 0.25) is 0 Å². The maximum absolute atomic E-state index is 12.8. The first-order chi connectivity index (χ1) is 31.0. The average molecular weight is 927 g/mol. The van der Waals surface area contributed by atoms with Crippen LogP contribution in [0.1, 0.15) is 194 Å². The number of aliphatic hydroxyl groups is 5. The van der Waals surface area contributed by atoms with Crippen LogP contribution in [0.3, 0.4) is 0 Å². The molecule has 6 atom stereocenters. The maximum Gasteiger partial charge on any atom is 0.472 e. The largest absolute Gasteiger partial charge is 0.472 e. The number of allylic oxidation sites excluding steroid dienone is 10. The van der Waals surface area contributed by atoms with Gasteiger partial charge in [-0.2, -0.15) is 0 Å². The molecule has 6 N–H and O–H groups in total. The second-order valence-electron chi connectivity index (χ2n) is 17.3. The molecule has 372 valence electrons. The van der Waals surface area contributed by atoms with Crippen LogP contribution in [0.2, 0.25) is 0 Å². The molecule has 0 aromatic carbocycles. The number of hydrogen-bond acceptors (Lipinski definition) is 11. The minimum atomic E-state index is -5.03. The standard InChI is InChI=1S/C51H91O12P/c1-3-5-7-9-11-13-15-17-19-21-22-23-25-27-29-31-33-35-37-39-41-60-42-44(43-61-64(58,59)63-51-49(56)47(54)46(53)48(55)50(51)57)62-45(52)40-38-36-34-32-30-28-26-24-20-18-16-14-12-10-8-6-4-2/h6,8,11-14,17-20,44,46-51,53-57H,3-5,7,9-10,15-16,21-43H2,1-2H3,(H,58,59)/b8-6-,13-11-,14-12-,19-17-,20-18-. The molecule has 1 rings (SSSR count). The number of phosphoric ester groups is 1. The molecule has 0 amide bonds. The minimum absolute atomic E-state index is 0.0848. The van der Waals surface area contributed by atoms with E-state index in [1.54, 1.807) is 0 Å². The molecule has 0 radical (unpaired) electrons. The monoisotopic (exact) mass is 927 g/mol. The zero-order chi connectivity index (χ0) is 46.9. The predicted octanol–water partition coefficient (Wildman–Crippen LogP) is 11.0. The SMILES string of the molecule is CC/C=C\C/C=C\C/C=C\CCCCCCCCCC(=O)OC(COCCCCCCCCCCCC/C=C\C/C=C\CCCCC)COP(=O)(O)OC1C(O)C(O)C(O)C(O)C1O. The second-order valence-corrected chi connectivity index (χ2v) is 18.7. The second kappa shape index (κ2) is 41.2. The van der Waals surface area contributed by atoms with Gasteiger partial charge in [-0.1, -0.05) is 171 Å². The summed E-state index contributed by atoms with van der Waals surface area (Å²) in [6.45, 7) is 4.12. The summed E-state index contributed by atoms with van der Waals surface area (Å²) < 4.78 is 34.3. The molecule has 1 saturated carbocycles. The van der Waals surface area contributed by atoms with Crippen LogP contribution in [-0.4, -0.2) is 98.9 Å². The van der Waals surface area contributed by atoms with Gasteiger partial charge < -0.3 is 39.9 Å². The van der Waals surface area contributed by atoms with Gasteiger partial charge in [0, 0.05) is 13.0 Å². The van der Waals surface area contributed by atoms with Crippen molar-refractivity contribution in [2.45, 2.75) is 236 Å². The van der Waals surface area contributed by atoms with Crippen LogP contribution in [0.4, 0.5) is 0 Å². The van der Waals surface area contributed by atoms with Crippen molar-refractivity contribution >= 4 is 13.8 Å². The highest BCUT2D eigenvalue weighted by molar-refractivity contribution is 7.47. The van der Waals surface area contributed by atoms with Gasteiger partial charge in [0.1, 0.15) is 42.7 Å². The summed E-state index contributed by atoms with van der Waals surface area (Å²) in [5.74, 6) is -0.489. The number of aliphatic hydroxyl groups excluding tert-OH is 5. The number of esters is 1. The Morgan fingerprint density at radius 2 is 0.922 bits per heavy atom. The Balaban J connectivity index is 2.36. The lowest BCUT2D eigenvalue weighted by Gasteiger charge is -2.41. The van der Waals surface area contributed by atoms with Crippen molar-refractivity contribution < 1.29 is 58.3 Å². The number of hydrogen-bond donors (Lipinski definition) is 6. The molecule has 0 aromatic rings. The first kappa shape index (κ1) is 60.1. The molecule has 13 heteroatoms. The number of carbonyl (C=O) groups is 1. The highest BCUT2D eigenvalue weighted by Crippen LogP contribution is 2.47. The van der Waals surface area contributed by atoms with E-state index in [2.05, 4.69) is 74.6 Å². The fraction of sp³-hybridized carbons (Fsp3) is 0.784. The van der Waals surface area contributed by atoms with Crippen LogP contribution in [0.5, 0.6) is 0 Å². The Morgan fingerprint density at radius 1 is 0.516 bits per heavy atom. The van der Waals surface area contributed by atoms with E-state index in [1.807, 2.05) is 0 Å². The zero-order valence-electron chi connectivity index (χ0n) is 39.8. The van der Waals surface area contributed by atoms with Crippen LogP contribution >= 0.6 is 7.82 Å². The number of rotatable bonds is 42. The van der Waals surface area contributed by atoms with Crippen molar-refractivity contribution in [3.8, 4) is 0 Å². The summed E-state index contributed by atoms with van der Waals surface area (Å²) in [5.41, 5.74) is 0. The van der Waals surface area contributed by atoms with Crippen LogP contribution < -0.4 is 0 Å². The lowest BCUT2D eigenvalue weighted by atomic mass is 9.85. The van der Waals surface area contributed by atoms with E-state index in [9.17, 15) is 39.8 Å². The third kappa shape index (κ3) is 32.7. The lowest BCUT2D eigenvalue weighted by molar-refractivity contribution is -0.220. The van der Waals surface area contributed by atoms with E-state index in [0.717, 1.165) is 89.9 Å². The molecule has 0 saturated heterocycles. The van der Waals surface area contributed by atoms with E-state index < -0.39 is 63.1 Å². The van der Waals surface area contributed by atoms with Crippen molar-refractivity contribution in [1.29, 1.82) is 0 Å². The molecule has 6 unspecified atom stereocenters. The van der Waals surface area contributed by atoms with E-state index >= 15 is 0 Å². The van der Waals surface area contributed by atoms with Crippen molar-refractivity contribution in [1.82, 2.24) is 0 Å². The summed E-state index contributed by atoms with van der Waals surface area (Å²) in [7, 11) is -5.03. The summed E-state index contributed by atoms with van der Waals surface area (Å²) in [6, 6.07) is 0. The molecule has 0 aliphatic heterocycles. The third-order valence-corrected chi connectivity index (χ3v) is 12.4. The molecule has 0 aromatic heterocycles. The van der Waals surface area contributed by atoms with Gasteiger partial charge in [0.05, 0.1) is 13.2 Å². The molecule has 1 aliphatic carbocycles. The van der Waals surface area contributed by atoms with Crippen LogP contribution in [0, 0.1) is 0 Å². The number of ether oxygens (including phenoxy) is 2. The van der Waals surface area contributed by atoms with E-state index in [0.29, 0.717) is 13.0 Å². The Hall–Kier alpha value is -1.96. The summed E-state index contributed by atoms with van der Waals surface area (Å²) >= 11 is 0. The molecule has 0 spiro atoms. The van der Waals surface area contributed by atoms with Crippen LogP contribution in [0.25, 0.3) is 0 Å². The Bertz CT molecular complexity index is 1290. The minimum Gasteiger partial charge on any atom is -0.457 e. The first-order valence-electron chi connectivity index (χ1n) is 25.1. The Labute approximate surface area is 387 Å². The fourth-order valence-corrected chi connectivity index (χ4v) is 8.37. The van der Waals surface area contributed by atoms with Gasteiger partial charge in [-0.15, -0.1) is 0 Å². The smallest absolute Gasteiger partial charge is 0.457 e. The van der Waals surface area contributed by atoms with Crippen molar-refractivity contribution in [2.24, 2.45) is 0 Å². The molecule has 0 heterocycles. The molecular weight excluding hydrogens is 836 g/mol. The van der Waals surface area contributed by atoms with Gasteiger partial charge in [-0.05, 0) is 77.0 Å². The molecule has 64 heavy (non-hydrogen) atoms. The molecule has 12 nitrogen and oxygen atoms in total. The normalized spacial score (nSPS) is 22.2. The van der Waals surface area contributed by atoms with Crippen molar-refractivity contribution in [3.05, 3.63) is 60.8 Å². The number of phosphoric acid groups is 1. The van der Waals surface area contributed by atoms with Crippen LogP contribution in [-0.2, 0) is 27.9 Å². The number of carbonyl (C=O) groups excluding carboxylic acids is 1. The fourth-order valence-electron chi connectivity index (χ4n) is 7.40. The molecule has 1 fully saturated rings. The Kier molecular flexibility index (Phi) is 38.7. The number of unbranched alkanes of at least 4 members (excludes halogenated alkanes) is 20. The third-order valence-electron chi connectivity index (χ3n) is 11.4. The molecule has 1 aliphatic rings. The molecular formula is C51H91O12P. The first-order valence-corrected chi connectivity index (χ1v) is 26.6. The predicted molar refractivity (Wildman–Crippen MR) is 258 cm³/mol. The van der Waals surface area contributed by atoms with E-state index in [4.69, 9.17) is 18.5 Å². The summed E-state index contributed by atoms with van der Waals surface area (Å²) in [5, 5.41) is 50.3. The summed E-state index contributed by atoms with van der Waals surface area (Å²) in [6.07, 6.45) is 39.9. The van der Waals surface area contributed by atoms with E-state index in [1.165, 1.54) is 77.0 Å². The highest BCUT2D eigenvalue weighted by Gasteiger charge is 2.51. The van der Waals surface area contributed by atoms with Gasteiger partial charge in [0.15, 0.2) is 0 Å². The van der Waals surface area contributed by atoms with E-state index in [-0.39, 0.29) is 13.0 Å². The maximum atomic E-state index is 12.8. The molecule has 0 bridgehead atoms. The van der Waals surface area contributed by atoms with Crippen molar-refractivity contribution in [2.75, 3.05) is 19.8 Å².